The number of thioether (sulfide) groups is 1. The highest BCUT2D eigenvalue weighted by molar-refractivity contribution is 7.99. The number of methoxy groups -OCH3 is 1. The summed E-state index contributed by atoms with van der Waals surface area (Å²) in [6.45, 7) is 10.0. The van der Waals surface area contributed by atoms with Crippen molar-refractivity contribution < 1.29 is 4.74 Å². The van der Waals surface area contributed by atoms with E-state index in [1.807, 2.05) is 11.8 Å². The molecule has 0 bridgehead atoms. The highest BCUT2D eigenvalue weighted by Crippen LogP contribution is 2.11. The van der Waals surface area contributed by atoms with E-state index in [2.05, 4.69) is 42.1 Å². The summed E-state index contributed by atoms with van der Waals surface area (Å²) in [5.74, 6) is 1.12. The maximum atomic E-state index is 5.00. The predicted octanol–water partition coefficient (Wildman–Crippen LogP) is 2.07. The van der Waals surface area contributed by atoms with E-state index in [1.165, 1.54) is 5.56 Å². The molecule has 0 aliphatic heterocycles. The molecule has 4 nitrogen and oxygen atoms in total. The zero-order valence-corrected chi connectivity index (χ0v) is 12.7. The lowest BCUT2D eigenvalue weighted by Gasteiger charge is -2.04. The molecule has 0 aromatic carbocycles. The fourth-order valence-electron chi connectivity index (χ4n) is 1.63. The third-order valence-corrected chi connectivity index (χ3v) is 3.70. The van der Waals surface area contributed by atoms with Gasteiger partial charge in [-0.15, -0.1) is 0 Å². The van der Waals surface area contributed by atoms with Crippen molar-refractivity contribution in [2.24, 2.45) is 0 Å². The molecule has 104 valence electrons. The van der Waals surface area contributed by atoms with Crippen molar-refractivity contribution >= 4 is 11.8 Å². The van der Waals surface area contributed by atoms with Gasteiger partial charge in [-0.2, -0.15) is 16.9 Å². The maximum absolute atomic E-state index is 5.00. The van der Waals surface area contributed by atoms with Gasteiger partial charge in [-0.1, -0.05) is 13.8 Å². The van der Waals surface area contributed by atoms with E-state index in [-0.39, 0.29) is 0 Å². The van der Waals surface area contributed by atoms with Crippen LogP contribution in [0.4, 0.5) is 0 Å². The van der Waals surface area contributed by atoms with Crippen molar-refractivity contribution in [1.82, 2.24) is 15.1 Å². The molecule has 1 aromatic rings. The number of rotatable bonds is 9. The van der Waals surface area contributed by atoms with Gasteiger partial charge in [0.2, 0.25) is 0 Å². The Kier molecular flexibility index (Phi) is 7.39. The van der Waals surface area contributed by atoms with E-state index in [0.29, 0.717) is 5.25 Å². The van der Waals surface area contributed by atoms with Crippen molar-refractivity contribution in [2.45, 2.75) is 39.1 Å². The van der Waals surface area contributed by atoms with E-state index in [9.17, 15) is 0 Å². The molecule has 1 heterocycles. The second kappa shape index (κ2) is 8.56. The smallest absolute Gasteiger partial charge is 0.0638 e. The van der Waals surface area contributed by atoms with Crippen LogP contribution in [0.5, 0.6) is 0 Å². The molecular formula is C13H25N3OS. The van der Waals surface area contributed by atoms with E-state index < -0.39 is 0 Å². The van der Waals surface area contributed by atoms with Crippen molar-refractivity contribution in [2.75, 3.05) is 26.0 Å². The number of hydrogen-bond donors (Lipinski definition) is 1. The molecule has 1 N–H and O–H groups in total. The van der Waals surface area contributed by atoms with Gasteiger partial charge in [0.15, 0.2) is 0 Å². The Bertz CT molecular complexity index is 339. The van der Waals surface area contributed by atoms with E-state index in [4.69, 9.17) is 4.74 Å². The molecule has 0 radical (unpaired) electrons. The number of nitrogens with one attached hydrogen (secondary N) is 1. The monoisotopic (exact) mass is 271 g/mol. The number of hydrogen-bond acceptors (Lipinski definition) is 4. The Labute approximate surface area is 114 Å². The summed E-state index contributed by atoms with van der Waals surface area (Å²) >= 11 is 1.97. The summed E-state index contributed by atoms with van der Waals surface area (Å²) < 4.78 is 7.06. The quantitative estimate of drug-likeness (QED) is 0.698. The van der Waals surface area contributed by atoms with Crippen molar-refractivity contribution in [3.05, 3.63) is 17.5 Å². The van der Waals surface area contributed by atoms with E-state index in [1.54, 1.807) is 7.11 Å². The Hall–Kier alpha value is -0.520. The topological polar surface area (TPSA) is 39.1 Å². The lowest BCUT2D eigenvalue weighted by molar-refractivity contribution is 0.199. The highest BCUT2D eigenvalue weighted by Gasteiger charge is 2.04. The Morgan fingerprint density at radius 3 is 2.94 bits per heavy atom. The van der Waals surface area contributed by atoms with Gasteiger partial charge in [0.1, 0.15) is 0 Å². The highest BCUT2D eigenvalue weighted by atomic mass is 32.2. The minimum atomic E-state index is 0.692. The first-order valence-corrected chi connectivity index (χ1v) is 7.52. The predicted molar refractivity (Wildman–Crippen MR) is 78.1 cm³/mol. The summed E-state index contributed by atoms with van der Waals surface area (Å²) in [6, 6.07) is 0. The van der Waals surface area contributed by atoms with Gasteiger partial charge in [-0.05, 0) is 12.2 Å². The zero-order valence-electron chi connectivity index (χ0n) is 11.9. The standard InChI is InChI=1S/C13H25N3OS/c1-11(2)18-8-6-16-10-13(12(3)15-16)9-14-5-7-17-4/h10-11,14H,5-9H2,1-4H3. The van der Waals surface area contributed by atoms with Crippen LogP contribution in [0.3, 0.4) is 0 Å². The molecule has 0 spiro atoms. The van der Waals surface area contributed by atoms with Crippen molar-refractivity contribution in [1.29, 1.82) is 0 Å². The van der Waals surface area contributed by atoms with Gasteiger partial charge in [0.05, 0.1) is 12.3 Å². The second-order valence-corrected chi connectivity index (χ2v) is 6.28. The van der Waals surface area contributed by atoms with Crippen LogP contribution in [-0.4, -0.2) is 41.0 Å². The molecule has 5 heteroatoms. The molecule has 0 saturated heterocycles. The molecule has 18 heavy (non-hydrogen) atoms. The van der Waals surface area contributed by atoms with Crippen LogP contribution in [0.2, 0.25) is 0 Å². The summed E-state index contributed by atoms with van der Waals surface area (Å²) in [5, 5.41) is 8.58. The number of aromatic nitrogens is 2. The molecule has 0 fully saturated rings. The van der Waals surface area contributed by atoms with E-state index in [0.717, 1.165) is 37.7 Å². The molecule has 0 atom stereocenters. The lowest BCUT2D eigenvalue weighted by atomic mass is 10.2. The van der Waals surface area contributed by atoms with Crippen LogP contribution in [-0.2, 0) is 17.8 Å². The lowest BCUT2D eigenvalue weighted by Crippen LogP contribution is -2.18. The van der Waals surface area contributed by atoms with Crippen LogP contribution in [0, 0.1) is 6.92 Å². The minimum absolute atomic E-state index is 0.692. The third-order valence-electron chi connectivity index (χ3n) is 2.62. The number of ether oxygens (including phenoxy) is 1. The van der Waals surface area contributed by atoms with Crippen LogP contribution in [0.15, 0.2) is 6.20 Å². The first-order valence-electron chi connectivity index (χ1n) is 6.47. The van der Waals surface area contributed by atoms with Gasteiger partial charge in [-0.3, -0.25) is 4.68 Å². The summed E-state index contributed by atoms with van der Waals surface area (Å²) in [7, 11) is 1.72. The van der Waals surface area contributed by atoms with Gasteiger partial charge >= 0.3 is 0 Å². The summed E-state index contributed by atoms with van der Waals surface area (Å²) in [6.07, 6.45) is 2.15. The Morgan fingerprint density at radius 2 is 2.28 bits per heavy atom. The van der Waals surface area contributed by atoms with Crippen molar-refractivity contribution in [3.8, 4) is 0 Å². The number of aryl methyl sites for hydroxylation is 2. The van der Waals surface area contributed by atoms with Crippen LogP contribution in [0.25, 0.3) is 0 Å². The SMILES string of the molecule is COCCNCc1cn(CCSC(C)C)nc1C. The average Bonchev–Trinajstić information content (AvgIpc) is 2.65. The zero-order chi connectivity index (χ0) is 13.4. The molecule has 0 unspecified atom stereocenters. The fraction of sp³-hybridized carbons (Fsp3) is 0.769. The second-order valence-electron chi connectivity index (χ2n) is 4.59. The first kappa shape index (κ1) is 15.5. The van der Waals surface area contributed by atoms with Crippen molar-refractivity contribution in [3.63, 3.8) is 0 Å². The van der Waals surface area contributed by atoms with Crippen LogP contribution < -0.4 is 5.32 Å². The molecular weight excluding hydrogens is 246 g/mol. The van der Waals surface area contributed by atoms with Gasteiger partial charge in [-0.25, -0.2) is 0 Å². The average molecular weight is 271 g/mol. The minimum Gasteiger partial charge on any atom is -0.383 e. The largest absolute Gasteiger partial charge is 0.383 e. The first-order chi connectivity index (χ1) is 8.63. The molecule has 0 aliphatic rings. The summed E-state index contributed by atoms with van der Waals surface area (Å²) in [4.78, 5) is 0. The fourth-order valence-corrected chi connectivity index (χ4v) is 2.39. The van der Waals surface area contributed by atoms with Gasteiger partial charge in [0.25, 0.3) is 0 Å². The van der Waals surface area contributed by atoms with Gasteiger partial charge in [0, 0.05) is 44.3 Å². The number of nitrogens with zero attached hydrogens (tertiary/aromatic N) is 2. The molecule has 0 aliphatic carbocycles. The normalized spacial score (nSPS) is 11.4. The molecule has 0 saturated carbocycles. The Balaban J connectivity index is 2.33. The Morgan fingerprint density at radius 1 is 1.50 bits per heavy atom. The summed E-state index contributed by atoms with van der Waals surface area (Å²) in [5.41, 5.74) is 2.40. The maximum Gasteiger partial charge on any atom is 0.0638 e. The molecule has 1 aromatic heterocycles. The van der Waals surface area contributed by atoms with Crippen LogP contribution in [0.1, 0.15) is 25.1 Å². The molecule has 1 rings (SSSR count). The van der Waals surface area contributed by atoms with E-state index >= 15 is 0 Å². The third kappa shape index (κ3) is 5.89. The van der Waals surface area contributed by atoms with Crippen LogP contribution >= 0.6 is 11.8 Å². The molecule has 0 amide bonds. The van der Waals surface area contributed by atoms with Gasteiger partial charge < -0.3 is 10.1 Å².